The molecule has 0 fully saturated rings. The molecule has 1 atom stereocenters. The standard InChI is InChI=1S/C17H19N3O4/c1-2-23-17(22)24-14-7-4-11(5-8-14)16(21)19-13-6-3-12-10-18-20-15(12)9-13/h4-5,7-8,10,13H,2-3,6,9H2,1H3,(H,18,20)(H,19,21). The molecule has 0 aliphatic heterocycles. The second kappa shape index (κ2) is 7.16. The van der Waals surface area contributed by atoms with Gasteiger partial charge in [-0.2, -0.15) is 5.10 Å². The number of nitrogens with zero attached hydrogens (tertiary/aromatic N) is 1. The number of hydrogen-bond donors (Lipinski definition) is 2. The molecule has 1 aliphatic carbocycles. The molecule has 1 aromatic carbocycles. The minimum Gasteiger partial charge on any atom is -0.434 e. The van der Waals surface area contributed by atoms with Gasteiger partial charge in [-0.3, -0.25) is 9.89 Å². The van der Waals surface area contributed by atoms with E-state index in [0.717, 1.165) is 25.0 Å². The highest BCUT2D eigenvalue weighted by molar-refractivity contribution is 5.94. The lowest BCUT2D eigenvalue weighted by molar-refractivity contribution is 0.0933. The number of ether oxygens (including phenoxy) is 2. The zero-order valence-electron chi connectivity index (χ0n) is 13.4. The second-order valence-electron chi connectivity index (χ2n) is 5.60. The van der Waals surface area contributed by atoms with Gasteiger partial charge < -0.3 is 14.8 Å². The monoisotopic (exact) mass is 329 g/mol. The maximum absolute atomic E-state index is 12.3. The molecule has 0 saturated heterocycles. The Kier molecular flexibility index (Phi) is 4.79. The summed E-state index contributed by atoms with van der Waals surface area (Å²) in [6.45, 7) is 1.95. The number of nitrogens with one attached hydrogen (secondary N) is 2. The van der Waals surface area contributed by atoms with Crippen molar-refractivity contribution >= 4 is 12.1 Å². The third-order valence-electron chi connectivity index (χ3n) is 3.94. The van der Waals surface area contributed by atoms with Crippen LogP contribution < -0.4 is 10.1 Å². The number of fused-ring (bicyclic) bond motifs is 1. The number of aromatic nitrogens is 2. The molecule has 7 nitrogen and oxygen atoms in total. The molecule has 1 unspecified atom stereocenters. The maximum atomic E-state index is 12.3. The second-order valence-corrected chi connectivity index (χ2v) is 5.60. The van der Waals surface area contributed by atoms with Gasteiger partial charge in [0.2, 0.25) is 0 Å². The van der Waals surface area contributed by atoms with E-state index in [1.54, 1.807) is 31.2 Å². The first-order valence-electron chi connectivity index (χ1n) is 7.92. The Morgan fingerprint density at radius 1 is 1.33 bits per heavy atom. The van der Waals surface area contributed by atoms with Crippen LogP contribution in [-0.2, 0) is 17.6 Å². The van der Waals surface area contributed by atoms with Crippen LogP contribution in [0.5, 0.6) is 5.75 Å². The fourth-order valence-electron chi connectivity index (χ4n) is 2.72. The molecule has 2 aromatic rings. The van der Waals surface area contributed by atoms with Crippen LogP contribution in [0.1, 0.15) is 35.0 Å². The molecule has 1 amide bonds. The van der Waals surface area contributed by atoms with Crippen molar-refractivity contribution in [3.8, 4) is 5.75 Å². The largest absolute Gasteiger partial charge is 0.513 e. The first-order valence-corrected chi connectivity index (χ1v) is 7.92. The number of benzene rings is 1. The summed E-state index contributed by atoms with van der Waals surface area (Å²) in [5, 5.41) is 10.0. The number of carbonyl (C=O) groups is 2. The lowest BCUT2D eigenvalue weighted by Crippen LogP contribution is -2.38. The highest BCUT2D eigenvalue weighted by atomic mass is 16.7. The molecule has 24 heavy (non-hydrogen) atoms. The van der Waals surface area contributed by atoms with Gasteiger partial charge in [-0.25, -0.2) is 4.79 Å². The van der Waals surface area contributed by atoms with Gasteiger partial charge in [-0.05, 0) is 49.6 Å². The summed E-state index contributed by atoms with van der Waals surface area (Å²) in [4.78, 5) is 23.6. The van der Waals surface area contributed by atoms with Crippen molar-refractivity contribution in [2.75, 3.05) is 6.61 Å². The number of carbonyl (C=O) groups excluding carboxylic acids is 2. The number of aromatic amines is 1. The number of rotatable bonds is 4. The topological polar surface area (TPSA) is 93.3 Å². The van der Waals surface area contributed by atoms with E-state index in [2.05, 4.69) is 15.5 Å². The summed E-state index contributed by atoms with van der Waals surface area (Å²) in [6.07, 6.45) is 3.64. The Labute approximate surface area is 139 Å². The molecule has 0 bridgehead atoms. The van der Waals surface area contributed by atoms with Crippen molar-refractivity contribution < 1.29 is 19.1 Å². The molecule has 0 radical (unpaired) electrons. The minimum atomic E-state index is -0.757. The van der Waals surface area contributed by atoms with Gasteiger partial charge >= 0.3 is 6.16 Å². The van der Waals surface area contributed by atoms with Crippen LogP contribution in [0.15, 0.2) is 30.5 Å². The molecular formula is C17H19N3O4. The summed E-state index contributed by atoms with van der Waals surface area (Å²) in [5.74, 6) is 0.190. The lowest BCUT2D eigenvalue weighted by Gasteiger charge is -2.22. The Bertz CT molecular complexity index is 724. The fraction of sp³-hybridized carbons (Fsp3) is 0.353. The zero-order valence-corrected chi connectivity index (χ0v) is 13.4. The van der Waals surface area contributed by atoms with Crippen molar-refractivity contribution in [1.82, 2.24) is 15.5 Å². The van der Waals surface area contributed by atoms with E-state index in [1.807, 2.05) is 6.20 Å². The Morgan fingerprint density at radius 2 is 2.12 bits per heavy atom. The Hall–Kier alpha value is -2.83. The van der Waals surface area contributed by atoms with E-state index >= 15 is 0 Å². The maximum Gasteiger partial charge on any atom is 0.513 e. The van der Waals surface area contributed by atoms with Gasteiger partial charge in [-0.1, -0.05) is 0 Å². The fourth-order valence-corrected chi connectivity index (χ4v) is 2.72. The van der Waals surface area contributed by atoms with E-state index in [9.17, 15) is 9.59 Å². The molecule has 2 N–H and O–H groups in total. The van der Waals surface area contributed by atoms with Gasteiger partial charge in [0.25, 0.3) is 5.91 Å². The molecule has 1 aliphatic rings. The number of hydrogen-bond acceptors (Lipinski definition) is 5. The van der Waals surface area contributed by atoms with E-state index in [1.165, 1.54) is 5.56 Å². The zero-order chi connectivity index (χ0) is 16.9. The molecule has 0 spiro atoms. The molecule has 126 valence electrons. The molecule has 0 saturated carbocycles. The van der Waals surface area contributed by atoms with Crippen LogP contribution >= 0.6 is 0 Å². The van der Waals surface area contributed by atoms with Crippen molar-refractivity contribution in [2.24, 2.45) is 0 Å². The van der Waals surface area contributed by atoms with E-state index in [0.29, 0.717) is 11.3 Å². The number of aryl methyl sites for hydroxylation is 1. The SMILES string of the molecule is CCOC(=O)Oc1ccc(C(=O)NC2CCc3cn[nH]c3C2)cc1. The number of H-pyrrole nitrogens is 1. The molecule has 1 heterocycles. The van der Waals surface area contributed by atoms with Crippen LogP contribution in [0.4, 0.5) is 4.79 Å². The summed E-state index contributed by atoms with van der Waals surface area (Å²) >= 11 is 0. The van der Waals surface area contributed by atoms with Crippen molar-refractivity contribution in [3.63, 3.8) is 0 Å². The first-order chi connectivity index (χ1) is 11.7. The van der Waals surface area contributed by atoms with E-state index < -0.39 is 6.16 Å². The summed E-state index contributed by atoms with van der Waals surface area (Å²) in [5.41, 5.74) is 2.83. The first kappa shape index (κ1) is 16.0. The van der Waals surface area contributed by atoms with Crippen LogP contribution in [0.25, 0.3) is 0 Å². The van der Waals surface area contributed by atoms with Gasteiger partial charge in [-0.15, -0.1) is 0 Å². The van der Waals surface area contributed by atoms with E-state index in [-0.39, 0.29) is 18.6 Å². The lowest BCUT2D eigenvalue weighted by atomic mass is 9.93. The third kappa shape index (κ3) is 3.73. The molecule has 3 rings (SSSR count). The Morgan fingerprint density at radius 3 is 2.88 bits per heavy atom. The van der Waals surface area contributed by atoms with Gasteiger partial charge in [0.15, 0.2) is 0 Å². The van der Waals surface area contributed by atoms with Crippen molar-refractivity contribution in [3.05, 3.63) is 47.3 Å². The average molecular weight is 329 g/mol. The van der Waals surface area contributed by atoms with Gasteiger partial charge in [0, 0.05) is 23.7 Å². The number of amides is 1. The van der Waals surface area contributed by atoms with Crippen molar-refractivity contribution in [2.45, 2.75) is 32.2 Å². The van der Waals surface area contributed by atoms with Crippen LogP contribution in [0.2, 0.25) is 0 Å². The normalized spacial score (nSPS) is 16.1. The predicted molar refractivity (Wildman–Crippen MR) is 86.0 cm³/mol. The molecular weight excluding hydrogens is 310 g/mol. The summed E-state index contributed by atoms with van der Waals surface area (Å²) < 4.78 is 9.66. The minimum absolute atomic E-state index is 0.0842. The quantitative estimate of drug-likeness (QED) is 0.663. The summed E-state index contributed by atoms with van der Waals surface area (Å²) in [7, 11) is 0. The summed E-state index contributed by atoms with van der Waals surface area (Å²) in [6, 6.07) is 6.46. The molecule has 1 aromatic heterocycles. The highest BCUT2D eigenvalue weighted by Crippen LogP contribution is 2.19. The average Bonchev–Trinajstić information content (AvgIpc) is 3.03. The van der Waals surface area contributed by atoms with E-state index in [4.69, 9.17) is 9.47 Å². The van der Waals surface area contributed by atoms with Gasteiger partial charge in [0.05, 0.1) is 12.8 Å². The smallest absolute Gasteiger partial charge is 0.434 e. The Balaban J connectivity index is 1.56. The highest BCUT2D eigenvalue weighted by Gasteiger charge is 2.22. The third-order valence-corrected chi connectivity index (χ3v) is 3.94. The van der Waals surface area contributed by atoms with Crippen LogP contribution in [0.3, 0.4) is 0 Å². The molecule has 7 heteroatoms. The van der Waals surface area contributed by atoms with Crippen LogP contribution in [0, 0.1) is 0 Å². The predicted octanol–water partition coefficient (Wildman–Crippen LogP) is 2.23. The van der Waals surface area contributed by atoms with Gasteiger partial charge in [0.1, 0.15) is 5.75 Å². The van der Waals surface area contributed by atoms with Crippen molar-refractivity contribution in [1.29, 1.82) is 0 Å². The van der Waals surface area contributed by atoms with Crippen LogP contribution in [-0.4, -0.2) is 34.9 Å².